The van der Waals surface area contributed by atoms with Crippen LogP contribution in [-0.2, 0) is 11.8 Å². The van der Waals surface area contributed by atoms with Gasteiger partial charge in [0.1, 0.15) is 0 Å². The van der Waals surface area contributed by atoms with Crippen LogP contribution in [0.5, 0.6) is 0 Å². The van der Waals surface area contributed by atoms with E-state index in [4.69, 9.17) is 5.11 Å². The molecule has 0 aliphatic rings. The van der Waals surface area contributed by atoms with Gasteiger partial charge in [0.15, 0.2) is 5.69 Å². The molecule has 21 heavy (non-hydrogen) atoms. The number of carbonyl (C=O) groups excluding carboxylic acids is 1. The molecule has 2 N–H and O–H groups in total. The molecular formula is C15H15N3O3. The van der Waals surface area contributed by atoms with Crippen LogP contribution >= 0.6 is 0 Å². The molecule has 2 rings (SSSR count). The van der Waals surface area contributed by atoms with Crippen LogP contribution < -0.4 is 5.32 Å². The van der Waals surface area contributed by atoms with Gasteiger partial charge in [0.2, 0.25) is 0 Å². The van der Waals surface area contributed by atoms with Gasteiger partial charge < -0.3 is 10.4 Å². The molecule has 0 atom stereocenters. The van der Waals surface area contributed by atoms with Crippen molar-refractivity contribution < 1.29 is 14.7 Å². The molecule has 0 spiro atoms. The lowest BCUT2D eigenvalue weighted by Gasteiger charge is -2.06. The zero-order chi connectivity index (χ0) is 15.4. The molecule has 0 radical (unpaired) electrons. The fourth-order valence-electron chi connectivity index (χ4n) is 1.83. The minimum absolute atomic E-state index is 0.288. The van der Waals surface area contributed by atoms with Crippen molar-refractivity contribution in [1.82, 2.24) is 9.78 Å². The van der Waals surface area contributed by atoms with Crippen molar-refractivity contribution >= 4 is 23.6 Å². The number of carboxylic acid groups (broad SMARTS) is 1. The number of carboxylic acids is 1. The molecule has 0 aliphatic carbocycles. The third-order valence-corrected chi connectivity index (χ3v) is 2.88. The smallest absolute Gasteiger partial charge is 0.328 e. The quantitative estimate of drug-likeness (QED) is 0.842. The molecule has 1 amide bonds. The zero-order valence-corrected chi connectivity index (χ0v) is 11.7. The number of aromatic nitrogens is 2. The molecule has 0 bridgehead atoms. The molecule has 6 heteroatoms. The lowest BCUT2D eigenvalue weighted by atomic mass is 10.1. The predicted octanol–water partition coefficient (Wildman–Crippen LogP) is 2.08. The van der Waals surface area contributed by atoms with E-state index in [0.717, 1.165) is 17.2 Å². The van der Waals surface area contributed by atoms with Crippen LogP contribution in [-0.4, -0.2) is 26.8 Å². The van der Waals surface area contributed by atoms with Crippen molar-refractivity contribution in [2.24, 2.45) is 7.05 Å². The van der Waals surface area contributed by atoms with Crippen molar-refractivity contribution in [2.75, 3.05) is 5.32 Å². The molecule has 2 aromatic rings. The summed E-state index contributed by atoms with van der Waals surface area (Å²) in [5, 5.41) is 15.4. The van der Waals surface area contributed by atoms with Crippen LogP contribution in [0.3, 0.4) is 0 Å². The maximum absolute atomic E-state index is 12.0. The summed E-state index contributed by atoms with van der Waals surface area (Å²) in [6.45, 7) is 1.85. The highest BCUT2D eigenvalue weighted by Gasteiger charge is 2.09. The molecule has 6 nitrogen and oxygen atoms in total. The number of aliphatic carboxylic acids is 1. The summed E-state index contributed by atoms with van der Waals surface area (Å²) in [5.74, 6) is -1.29. The number of amides is 1. The van der Waals surface area contributed by atoms with Crippen LogP contribution in [0.25, 0.3) is 6.08 Å². The van der Waals surface area contributed by atoms with Crippen molar-refractivity contribution in [2.45, 2.75) is 6.92 Å². The van der Waals surface area contributed by atoms with Crippen molar-refractivity contribution in [1.29, 1.82) is 0 Å². The second-order valence-electron chi connectivity index (χ2n) is 4.57. The number of nitrogens with one attached hydrogen (secondary N) is 1. The summed E-state index contributed by atoms with van der Waals surface area (Å²) in [6.07, 6.45) is 4.29. The van der Waals surface area contributed by atoms with Crippen molar-refractivity contribution in [3.05, 3.63) is 53.4 Å². The van der Waals surface area contributed by atoms with Gasteiger partial charge in [0, 0.05) is 25.0 Å². The molecule has 1 aromatic carbocycles. The van der Waals surface area contributed by atoms with E-state index < -0.39 is 5.97 Å². The summed E-state index contributed by atoms with van der Waals surface area (Å²) >= 11 is 0. The molecule has 0 saturated heterocycles. The van der Waals surface area contributed by atoms with Crippen LogP contribution in [0.2, 0.25) is 0 Å². The molecular weight excluding hydrogens is 270 g/mol. The summed E-state index contributed by atoms with van der Waals surface area (Å²) < 4.78 is 1.56. The average Bonchev–Trinajstić information content (AvgIpc) is 2.84. The first-order valence-electron chi connectivity index (χ1n) is 6.28. The summed E-state index contributed by atoms with van der Waals surface area (Å²) in [6, 6.07) is 6.88. The van der Waals surface area contributed by atoms with Gasteiger partial charge in [0.05, 0.1) is 0 Å². The first kappa shape index (κ1) is 14.5. The third kappa shape index (κ3) is 3.79. The minimum atomic E-state index is -0.998. The van der Waals surface area contributed by atoms with E-state index in [-0.39, 0.29) is 5.91 Å². The standard InChI is InChI=1S/C15H15N3O3/c1-10-9-12(5-3-11(10)4-6-14(19)20)16-15(21)13-7-8-18(2)17-13/h3-9H,1-2H3,(H,16,21)(H,19,20)/b6-4+. The molecule has 1 aromatic heterocycles. The molecule has 1 heterocycles. The number of hydrogen-bond acceptors (Lipinski definition) is 3. The Hall–Kier alpha value is -2.89. The lowest BCUT2D eigenvalue weighted by Crippen LogP contribution is -2.13. The fourth-order valence-corrected chi connectivity index (χ4v) is 1.83. The zero-order valence-electron chi connectivity index (χ0n) is 11.7. The number of rotatable bonds is 4. The Bertz CT molecular complexity index is 717. The molecule has 0 aliphatic heterocycles. The predicted molar refractivity (Wildman–Crippen MR) is 79.0 cm³/mol. The van der Waals surface area contributed by atoms with Gasteiger partial charge >= 0.3 is 5.97 Å². The number of aryl methyl sites for hydroxylation is 2. The van der Waals surface area contributed by atoms with Gasteiger partial charge in [-0.3, -0.25) is 9.48 Å². The normalized spacial score (nSPS) is 10.8. The second-order valence-corrected chi connectivity index (χ2v) is 4.57. The van der Waals surface area contributed by atoms with Crippen LogP contribution in [0, 0.1) is 6.92 Å². The Labute approximate surface area is 121 Å². The minimum Gasteiger partial charge on any atom is -0.478 e. The van der Waals surface area contributed by atoms with Gasteiger partial charge in [-0.2, -0.15) is 5.10 Å². The van der Waals surface area contributed by atoms with Gasteiger partial charge in [-0.15, -0.1) is 0 Å². The average molecular weight is 285 g/mol. The van der Waals surface area contributed by atoms with Crippen LogP contribution in [0.4, 0.5) is 5.69 Å². The third-order valence-electron chi connectivity index (χ3n) is 2.88. The van der Waals surface area contributed by atoms with E-state index in [1.54, 1.807) is 42.2 Å². The SMILES string of the molecule is Cc1cc(NC(=O)c2ccn(C)n2)ccc1/C=C/C(=O)O. The number of anilines is 1. The molecule has 0 unspecified atom stereocenters. The monoisotopic (exact) mass is 285 g/mol. The molecule has 108 valence electrons. The highest BCUT2D eigenvalue weighted by atomic mass is 16.4. The van der Waals surface area contributed by atoms with E-state index >= 15 is 0 Å². The summed E-state index contributed by atoms with van der Waals surface area (Å²) in [7, 11) is 1.74. The summed E-state index contributed by atoms with van der Waals surface area (Å²) in [4.78, 5) is 22.5. The van der Waals surface area contributed by atoms with Crippen LogP contribution in [0.1, 0.15) is 21.6 Å². The first-order chi connectivity index (χ1) is 9.95. The largest absolute Gasteiger partial charge is 0.478 e. The van der Waals surface area contributed by atoms with E-state index in [9.17, 15) is 9.59 Å². The van der Waals surface area contributed by atoms with E-state index in [1.165, 1.54) is 6.08 Å². The Morgan fingerprint density at radius 1 is 1.33 bits per heavy atom. The Balaban J connectivity index is 2.13. The van der Waals surface area contributed by atoms with Gasteiger partial charge in [0.25, 0.3) is 5.91 Å². The molecule has 0 fully saturated rings. The summed E-state index contributed by atoms with van der Waals surface area (Å²) in [5.41, 5.74) is 2.63. The number of carbonyl (C=O) groups is 2. The number of nitrogens with zero attached hydrogens (tertiary/aromatic N) is 2. The Kier molecular flexibility index (Phi) is 4.18. The van der Waals surface area contributed by atoms with E-state index in [1.807, 2.05) is 6.92 Å². The van der Waals surface area contributed by atoms with Gasteiger partial charge in [-0.25, -0.2) is 4.79 Å². The first-order valence-corrected chi connectivity index (χ1v) is 6.28. The van der Waals surface area contributed by atoms with Crippen molar-refractivity contribution in [3.8, 4) is 0 Å². The van der Waals surface area contributed by atoms with E-state index in [0.29, 0.717) is 11.4 Å². The van der Waals surface area contributed by atoms with Gasteiger partial charge in [-0.05, 0) is 42.3 Å². The number of benzene rings is 1. The number of hydrogen-bond donors (Lipinski definition) is 2. The van der Waals surface area contributed by atoms with Gasteiger partial charge in [-0.1, -0.05) is 6.07 Å². The maximum Gasteiger partial charge on any atom is 0.328 e. The Morgan fingerprint density at radius 2 is 2.10 bits per heavy atom. The molecule has 0 saturated carbocycles. The topological polar surface area (TPSA) is 84.2 Å². The van der Waals surface area contributed by atoms with Crippen molar-refractivity contribution in [3.63, 3.8) is 0 Å². The Morgan fingerprint density at radius 3 is 2.67 bits per heavy atom. The fraction of sp³-hybridized carbons (Fsp3) is 0.133. The second kappa shape index (κ2) is 6.04. The van der Waals surface area contributed by atoms with E-state index in [2.05, 4.69) is 10.4 Å². The maximum atomic E-state index is 12.0. The lowest BCUT2D eigenvalue weighted by molar-refractivity contribution is -0.131. The highest BCUT2D eigenvalue weighted by Crippen LogP contribution is 2.17. The highest BCUT2D eigenvalue weighted by molar-refractivity contribution is 6.02. The van der Waals surface area contributed by atoms with Crippen LogP contribution in [0.15, 0.2) is 36.5 Å².